The Morgan fingerprint density at radius 1 is 1.08 bits per heavy atom. The summed E-state index contributed by atoms with van der Waals surface area (Å²) in [7, 11) is 3.16. The number of halogens is 1. The molecule has 7 heteroatoms. The highest BCUT2D eigenvalue weighted by molar-refractivity contribution is 9.10. The molecule has 0 fully saturated rings. The van der Waals surface area contributed by atoms with Gasteiger partial charge in [0.1, 0.15) is 12.4 Å². The Morgan fingerprint density at radius 2 is 1.81 bits per heavy atom. The van der Waals surface area contributed by atoms with E-state index >= 15 is 0 Å². The van der Waals surface area contributed by atoms with Crippen molar-refractivity contribution in [2.24, 2.45) is 0 Å². The fraction of sp³-hybridized carbons (Fsp3) is 0.316. The van der Waals surface area contributed by atoms with Crippen molar-refractivity contribution in [3.05, 3.63) is 46.4 Å². The number of hydrogen-bond donors (Lipinski definition) is 1. The third-order valence-corrected chi connectivity index (χ3v) is 4.04. The van der Waals surface area contributed by atoms with Gasteiger partial charge in [-0.15, -0.1) is 0 Å². The van der Waals surface area contributed by atoms with Crippen LogP contribution in [0.1, 0.15) is 17.3 Å². The van der Waals surface area contributed by atoms with E-state index in [0.717, 1.165) is 0 Å². The first-order chi connectivity index (χ1) is 12.6. The summed E-state index contributed by atoms with van der Waals surface area (Å²) in [5, 5.41) is 2.85. The zero-order valence-corrected chi connectivity index (χ0v) is 16.6. The van der Waals surface area contributed by atoms with Gasteiger partial charge in [0.05, 0.1) is 24.8 Å². The Kier molecular flexibility index (Phi) is 7.74. The normalized spacial score (nSPS) is 10.3. The van der Waals surface area contributed by atoms with Crippen LogP contribution in [0.5, 0.6) is 17.2 Å². The zero-order valence-electron chi connectivity index (χ0n) is 15.0. The summed E-state index contributed by atoms with van der Waals surface area (Å²) in [6.45, 7) is 3.38. The lowest BCUT2D eigenvalue weighted by atomic mass is 10.1. The highest BCUT2D eigenvalue weighted by atomic mass is 79.9. The van der Waals surface area contributed by atoms with Crippen molar-refractivity contribution in [2.75, 3.05) is 39.4 Å². The average molecular weight is 424 g/mol. The largest absolute Gasteiger partial charge is 0.493 e. The minimum absolute atomic E-state index is 0.250. The lowest BCUT2D eigenvalue weighted by Crippen LogP contribution is -2.12. The molecule has 2 aromatic carbocycles. The average Bonchev–Trinajstić information content (AvgIpc) is 2.64. The summed E-state index contributed by atoms with van der Waals surface area (Å²) in [4.78, 5) is 12.5. The summed E-state index contributed by atoms with van der Waals surface area (Å²) < 4.78 is 22.0. The van der Waals surface area contributed by atoms with E-state index in [1.165, 1.54) is 7.11 Å². The second-order valence-electron chi connectivity index (χ2n) is 5.24. The molecule has 0 bridgehead atoms. The third-order valence-electron chi connectivity index (χ3n) is 3.45. The van der Waals surface area contributed by atoms with E-state index in [4.69, 9.17) is 18.9 Å². The lowest BCUT2D eigenvalue weighted by molar-refractivity contribution is 0.102. The maximum atomic E-state index is 12.5. The van der Waals surface area contributed by atoms with E-state index in [0.29, 0.717) is 52.8 Å². The molecule has 0 aromatic heterocycles. The number of hydrogen-bond acceptors (Lipinski definition) is 5. The van der Waals surface area contributed by atoms with Gasteiger partial charge in [0, 0.05) is 18.4 Å². The molecule has 0 unspecified atom stereocenters. The zero-order chi connectivity index (χ0) is 18.9. The van der Waals surface area contributed by atoms with Crippen LogP contribution >= 0.6 is 15.9 Å². The topological polar surface area (TPSA) is 66.0 Å². The highest BCUT2D eigenvalue weighted by Gasteiger charge is 2.15. The van der Waals surface area contributed by atoms with Gasteiger partial charge in [-0.2, -0.15) is 0 Å². The van der Waals surface area contributed by atoms with Crippen LogP contribution in [0.3, 0.4) is 0 Å². The van der Waals surface area contributed by atoms with Crippen molar-refractivity contribution in [1.29, 1.82) is 0 Å². The van der Waals surface area contributed by atoms with E-state index in [1.807, 2.05) is 6.92 Å². The highest BCUT2D eigenvalue weighted by Crippen LogP contribution is 2.36. The molecule has 2 rings (SSSR count). The minimum Gasteiger partial charge on any atom is -0.493 e. The standard InChI is InChI=1S/C19H22BrNO5/c1-4-25-18-16(20)11-13(12-17(18)24-3)19(22)21-14-5-7-15(8-6-14)26-10-9-23-2/h5-8,11-12H,4,9-10H2,1-3H3,(H,21,22). The Hall–Kier alpha value is -2.25. The lowest BCUT2D eigenvalue weighted by Gasteiger charge is -2.13. The van der Waals surface area contributed by atoms with Gasteiger partial charge in [-0.1, -0.05) is 0 Å². The summed E-state index contributed by atoms with van der Waals surface area (Å²) in [6.07, 6.45) is 0. The Bertz CT molecular complexity index is 733. The number of rotatable bonds is 9. The maximum absolute atomic E-state index is 12.5. The van der Waals surface area contributed by atoms with Crippen molar-refractivity contribution < 1.29 is 23.7 Å². The molecule has 2 aromatic rings. The smallest absolute Gasteiger partial charge is 0.255 e. The van der Waals surface area contributed by atoms with Crippen LogP contribution in [0.4, 0.5) is 5.69 Å². The van der Waals surface area contributed by atoms with Crippen molar-refractivity contribution in [3.63, 3.8) is 0 Å². The van der Waals surface area contributed by atoms with Crippen LogP contribution in [0, 0.1) is 0 Å². The van der Waals surface area contributed by atoms with E-state index in [-0.39, 0.29) is 5.91 Å². The van der Waals surface area contributed by atoms with Gasteiger partial charge < -0.3 is 24.3 Å². The Balaban J connectivity index is 2.08. The predicted molar refractivity (Wildman–Crippen MR) is 104 cm³/mol. The molecule has 140 valence electrons. The molecule has 0 aliphatic heterocycles. The summed E-state index contributed by atoms with van der Waals surface area (Å²) in [5.74, 6) is 1.53. The predicted octanol–water partition coefficient (Wildman–Crippen LogP) is 4.13. The number of anilines is 1. The molecule has 0 saturated heterocycles. The molecule has 1 amide bonds. The Labute approximate surface area is 161 Å². The molecule has 0 radical (unpaired) electrons. The molecular formula is C19H22BrNO5. The minimum atomic E-state index is -0.250. The number of ether oxygens (including phenoxy) is 4. The first-order valence-electron chi connectivity index (χ1n) is 8.12. The second kappa shape index (κ2) is 10.0. The fourth-order valence-corrected chi connectivity index (χ4v) is 2.77. The number of benzene rings is 2. The van der Waals surface area contributed by atoms with Crippen LogP contribution in [-0.4, -0.2) is 39.9 Å². The second-order valence-corrected chi connectivity index (χ2v) is 6.10. The maximum Gasteiger partial charge on any atom is 0.255 e. The van der Waals surface area contributed by atoms with Crippen molar-refractivity contribution >= 4 is 27.5 Å². The van der Waals surface area contributed by atoms with Gasteiger partial charge in [0.2, 0.25) is 0 Å². The van der Waals surface area contributed by atoms with Gasteiger partial charge in [0.25, 0.3) is 5.91 Å². The molecule has 6 nitrogen and oxygen atoms in total. The summed E-state index contributed by atoms with van der Waals surface area (Å²) in [5.41, 5.74) is 1.12. The first-order valence-corrected chi connectivity index (χ1v) is 8.91. The molecule has 26 heavy (non-hydrogen) atoms. The van der Waals surface area contributed by atoms with Gasteiger partial charge >= 0.3 is 0 Å². The molecule has 0 saturated carbocycles. The molecule has 0 aliphatic carbocycles. The van der Waals surface area contributed by atoms with Gasteiger partial charge in [-0.25, -0.2) is 0 Å². The van der Waals surface area contributed by atoms with E-state index in [9.17, 15) is 4.79 Å². The molecule has 0 atom stereocenters. The fourth-order valence-electron chi connectivity index (χ4n) is 2.22. The van der Waals surface area contributed by atoms with E-state index < -0.39 is 0 Å². The van der Waals surface area contributed by atoms with E-state index in [2.05, 4.69) is 21.2 Å². The SMILES string of the molecule is CCOc1c(Br)cc(C(=O)Nc2ccc(OCCOC)cc2)cc1OC. The van der Waals surface area contributed by atoms with Crippen LogP contribution in [-0.2, 0) is 4.74 Å². The Morgan fingerprint density at radius 3 is 2.42 bits per heavy atom. The molecule has 1 N–H and O–H groups in total. The number of methoxy groups -OCH3 is 2. The van der Waals surface area contributed by atoms with E-state index in [1.54, 1.807) is 43.5 Å². The van der Waals surface area contributed by atoms with Crippen molar-refractivity contribution in [2.45, 2.75) is 6.92 Å². The van der Waals surface area contributed by atoms with Gasteiger partial charge in [0.15, 0.2) is 11.5 Å². The molecule has 0 spiro atoms. The molecule has 0 heterocycles. The van der Waals surface area contributed by atoms with Gasteiger partial charge in [-0.3, -0.25) is 4.79 Å². The van der Waals surface area contributed by atoms with Crippen LogP contribution in [0.15, 0.2) is 40.9 Å². The number of amides is 1. The van der Waals surface area contributed by atoms with Crippen LogP contribution in [0.25, 0.3) is 0 Å². The van der Waals surface area contributed by atoms with Crippen molar-refractivity contribution in [3.8, 4) is 17.2 Å². The monoisotopic (exact) mass is 423 g/mol. The third kappa shape index (κ3) is 5.37. The van der Waals surface area contributed by atoms with Gasteiger partial charge in [-0.05, 0) is 59.3 Å². The first kappa shape index (κ1) is 20.1. The molecular weight excluding hydrogens is 402 g/mol. The quantitative estimate of drug-likeness (QED) is 0.614. The number of carbonyl (C=O) groups excluding carboxylic acids is 1. The molecule has 0 aliphatic rings. The number of nitrogens with one attached hydrogen (secondary N) is 1. The van der Waals surface area contributed by atoms with Crippen LogP contribution in [0.2, 0.25) is 0 Å². The summed E-state index contributed by atoms with van der Waals surface area (Å²) in [6, 6.07) is 10.5. The van der Waals surface area contributed by atoms with Crippen molar-refractivity contribution in [1.82, 2.24) is 0 Å². The van der Waals surface area contributed by atoms with Crippen LogP contribution < -0.4 is 19.5 Å². The summed E-state index contributed by atoms with van der Waals surface area (Å²) >= 11 is 3.42. The number of carbonyl (C=O) groups is 1.